The van der Waals surface area contributed by atoms with Gasteiger partial charge in [0.05, 0.1) is 17.7 Å². The van der Waals surface area contributed by atoms with Crippen molar-refractivity contribution in [2.75, 3.05) is 17.7 Å². The Morgan fingerprint density at radius 3 is 2.74 bits per heavy atom. The zero-order valence-electron chi connectivity index (χ0n) is 11.6. The monoisotopic (exact) mass is 277 g/mol. The van der Waals surface area contributed by atoms with Crippen molar-refractivity contribution in [1.82, 2.24) is 15.0 Å². The fraction of sp³-hybridized carbons (Fsp3) is 0.462. The Morgan fingerprint density at radius 1 is 1.32 bits per heavy atom. The quantitative estimate of drug-likeness (QED) is 0.909. The lowest BCUT2D eigenvalue weighted by atomic mass is 10.1. The summed E-state index contributed by atoms with van der Waals surface area (Å²) < 4.78 is 0. The molecule has 0 bridgehead atoms. The fourth-order valence-corrected chi connectivity index (χ4v) is 2.83. The van der Waals surface area contributed by atoms with Crippen LogP contribution in [-0.2, 0) is 13.0 Å². The predicted molar refractivity (Wildman–Crippen MR) is 79.4 cm³/mol. The lowest BCUT2D eigenvalue weighted by Gasteiger charge is -2.21. The normalized spacial score (nSPS) is 10.7. The van der Waals surface area contributed by atoms with Crippen LogP contribution in [0.1, 0.15) is 29.5 Å². The molecule has 5 nitrogen and oxygen atoms in total. The van der Waals surface area contributed by atoms with Crippen molar-refractivity contribution < 1.29 is 0 Å². The van der Waals surface area contributed by atoms with E-state index in [0.717, 1.165) is 36.5 Å². The molecule has 102 valence electrons. The summed E-state index contributed by atoms with van der Waals surface area (Å²) in [5.74, 6) is 1.50. The van der Waals surface area contributed by atoms with E-state index in [0.29, 0.717) is 5.82 Å². The SMILES string of the molecule is CCCc1c(N)ncnc1N(C)Cc1scnc1C. The maximum Gasteiger partial charge on any atom is 0.137 e. The fourth-order valence-electron chi connectivity index (χ4n) is 2.00. The summed E-state index contributed by atoms with van der Waals surface area (Å²) in [4.78, 5) is 16.1. The van der Waals surface area contributed by atoms with Crippen molar-refractivity contribution in [3.05, 3.63) is 28.0 Å². The van der Waals surface area contributed by atoms with Gasteiger partial charge in [-0.3, -0.25) is 0 Å². The zero-order chi connectivity index (χ0) is 13.8. The molecule has 0 saturated carbocycles. The van der Waals surface area contributed by atoms with Gasteiger partial charge in [-0.1, -0.05) is 13.3 Å². The first-order chi connectivity index (χ1) is 9.13. The number of nitrogens with two attached hydrogens (primary N) is 1. The summed E-state index contributed by atoms with van der Waals surface area (Å²) in [6.07, 6.45) is 3.45. The highest BCUT2D eigenvalue weighted by Crippen LogP contribution is 2.24. The minimum absolute atomic E-state index is 0.583. The molecule has 0 aromatic carbocycles. The van der Waals surface area contributed by atoms with Crippen LogP contribution in [0.4, 0.5) is 11.6 Å². The van der Waals surface area contributed by atoms with Crippen LogP contribution in [0.2, 0.25) is 0 Å². The molecule has 0 radical (unpaired) electrons. The van der Waals surface area contributed by atoms with Crippen LogP contribution >= 0.6 is 11.3 Å². The van der Waals surface area contributed by atoms with Gasteiger partial charge in [-0.05, 0) is 13.3 Å². The Labute approximate surface area is 117 Å². The van der Waals surface area contributed by atoms with Crippen LogP contribution in [0, 0.1) is 6.92 Å². The average Bonchev–Trinajstić information content (AvgIpc) is 2.78. The van der Waals surface area contributed by atoms with Gasteiger partial charge >= 0.3 is 0 Å². The number of aryl methyl sites for hydroxylation is 1. The van der Waals surface area contributed by atoms with Gasteiger partial charge in [0.25, 0.3) is 0 Å². The van der Waals surface area contributed by atoms with Gasteiger partial charge in [-0.2, -0.15) is 0 Å². The molecule has 0 aliphatic heterocycles. The van der Waals surface area contributed by atoms with Gasteiger partial charge in [0.1, 0.15) is 18.0 Å². The second-order valence-electron chi connectivity index (χ2n) is 4.53. The van der Waals surface area contributed by atoms with Gasteiger partial charge < -0.3 is 10.6 Å². The Morgan fingerprint density at radius 2 is 2.11 bits per heavy atom. The third-order valence-electron chi connectivity index (χ3n) is 3.04. The van der Waals surface area contributed by atoms with Gasteiger partial charge in [0.15, 0.2) is 0 Å². The van der Waals surface area contributed by atoms with Crippen LogP contribution in [0.3, 0.4) is 0 Å². The van der Waals surface area contributed by atoms with E-state index in [9.17, 15) is 0 Å². The molecule has 2 rings (SSSR count). The summed E-state index contributed by atoms with van der Waals surface area (Å²) in [7, 11) is 2.03. The van der Waals surface area contributed by atoms with E-state index >= 15 is 0 Å². The third-order valence-corrected chi connectivity index (χ3v) is 3.96. The summed E-state index contributed by atoms with van der Waals surface area (Å²) in [6.45, 7) is 4.95. The van der Waals surface area contributed by atoms with E-state index < -0.39 is 0 Å². The van der Waals surface area contributed by atoms with Crippen LogP contribution in [0.25, 0.3) is 0 Å². The van der Waals surface area contributed by atoms with Gasteiger partial charge in [0.2, 0.25) is 0 Å². The Bertz CT molecular complexity index is 552. The molecular weight excluding hydrogens is 258 g/mol. The van der Waals surface area contributed by atoms with Crippen molar-refractivity contribution in [3.63, 3.8) is 0 Å². The first-order valence-electron chi connectivity index (χ1n) is 6.33. The largest absolute Gasteiger partial charge is 0.383 e. The van der Waals surface area contributed by atoms with E-state index in [1.807, 2.05) is 19.5 Å². The predicted octanol–water partition coefficient (Wildman–Crippen LogP) is 2.41. The summed E-state index contributed by atoms with van der Waals surface area (Å²) in [5.41, 5.74) is 9.95. The molecule has 0 saturated heterocycles. The van der Waals surface area contributed by atoms with Crippen LogP contribution in [0.5, 0.6) is 0 Å². The maximum atomic E-state index is 5.96. The molecule has 0 unspecified atom stereocenters. The molecular formula is C13H19N5S. The molecule has 2 heterocycles. The zero-order valence-corrected chi connectivity index (χ0v) is 12.4. The third kappa shape index (κ3) is 3.01. The number of hydrogen-bond donors (Lipinski definition) is 1. The lowest BCUT2D eigenvalue weighted by Crippen LogP contribution is -2.20. The van der Waals surface area contributed by atoms with Crippen molar-refractivity contribution in [3.8, 4) is 0 Å². The summed E-state index contributed by atoms with van der Waals surface area (Å²) in [6, 6.07) is 0. The summed E-state index contributed by atoms with van der Waals surface area (Å²) in [5, 5.41) is 0. The first kappa shape index (κ1) is 13.7. The van der Waals surface area contributed by atoms with Crippen molar-refractivity contribution in [2.24, 2.45) is 0 Å². The number of aromatic nitrogens is 3. The standard InChI is InChI=1S/C13H19N5S/c1-4-5-10-12(14)15-7-16-13(10)18(3)6-11-9(2)17-8-19-11/h7-8H,4-6H2,1-3H3,(H2,14,15,16). The van der Waals surface area contributed by atoms with Gasteiger partial charge in [-0.25, -0.2) is 15.0 Å². The molecule has 2 aromatic heterocycles. The number of rotatable bonds is 5. The molecule has 0 aliphatic carbocycles. The second-order valence-corrected chi connectivity index (χ2v) is 5.47. The number of anilines is 2. The lowest BCUT2D eigenvalue weighted by molar-refractivity contribution is 0.848. The van der Waals surface area contributed by atoms with Crippen molar-refractivity contribution in [2.45, 2.75) is 33.2 Å². The van der Waals surface area contributed by atoms with E-state index in [2.05, 4.69) is 26.8 Å². The number of nitrogen functional groups attached to an aromatic ring is 1. The molecule has 19 heavy (non-hydrogen) atoms. The minimum Gasteiger partial charge on any atom is -0.383 e. The van der Waals surface area contributed by atoms with Crippen LogP contribution in [-0.4, -0.2) is 22.0 Å². The van der Waals surface area contributed by atoms with E-state index in [1.54, 1.807) is 11.3 Å². The Kier molecular flexibility index (Phi) is 4.31. The van der Waals surface area contributed by atoms with Crippen molar-refractivity contribution >= 4 is 23.0 Å². The highest BCUT2D eigenvalue weighted by atomic mass is 32.1. The van der Waals surface area contributed by atoms with Crippen LogP contribution in [0.15, 0.2) is 11.8 Å². The Hall–Kier alpha value is -1.69. The topological polar surface area (TPSA) is 67.9 Å². The smallest absolute Gasteiger partial charge is 0.137 e. The maximum absolute atomic E-state index is 5.96. The molecule has 0 fully saturated rings. The van der Waals surface area contributed by atoms with E-state index in [1.165, 1.54) is 11.2 Å². The van der Waals surface area contributed by atoms with Gasteiger partial charge in [-0.15, -0.1) is 11.3 Å². The second kappa shape index (κ2) is 5.97. The average molecular weight is 277 g/mol. The molecule has 2 aromatic rings. The molecule has 2 N–H and O–H groups in total. The minimum atomic E-state index is 0.583. The van der Waals surface area contributed by atoms with Crippen molar-refractivity contribution in [1.29, 1.82) is 0 Å². The summed E-state index contributed by atoms with van der Waals surface area (Å²) >= 11 is 1.67. The number of hydrogen-bond acceptors (Lipinski definition) is 6. The molecule has 0 spiro atoms. The first-order valence-corrected chi connectivity index (χ1v) is 7.20. The molecule has 0 amide bonds. The van der Waals surface area contributed by atoms with E-state index in [-0.39, 0.29) is 0 Å². The molecule has 6 heteroatoms. The van der Waals surface area contributed by atoms with Crippen LogP contribution < -0.4 is 10.6 Å². The number of thiazole rings is 1. The van der Waals surface area contributed by atoms with E-state index in [4.69, 9.17) is 5.73 Å². The number of nitrogens with zero attached hydrogens (tertiary/aromatic N) is 4. The molecule has 0 aliphatic rings. The highest BCUT2D eigenvalue weighted by Gasteiger charge is 2.14. The van der Waals surface area contributed by atoms with Gasteiger partial charge in [0, 0.05) is 17.5 Å². The highest BCUT2D eigenvalue weighted by molar-refractivity contribution is 7.09. The Balaban J connectivity index is 2.26. The molecule has 0 atom stereocenters.